The minimum absolute atomic E-state index is 0. The van der Waals surface area contributed by atoms with Gasteiger partial charge in [-0.2, -0.15) is 0 Å². The number of hydrogen-bond acceptors (Lipinski definition) is 0. The first kappa shape index (κ1) is 26.9. The summed E-state index contributed by atoms with van der Waals surface area (Å²) < 4.78 is 0. The maximum absolute atomic E-state index is 0. The van der Waals surface area contributed by atoms with Crippen molar-refractivity contribution in [1.29, 1.82) is 0 Å². The Morgan fingerprint density at radius 1 is 1.00 bits per heavy atom. The predicted molar refractivity (Wildman–Crippen MR) is 17.3 cm³/mol. The zero-order valence-corrected chi connectivity index (χ0v) is 16.4. The van der Waals surface area contributed by atoms with Gasteiger partial charge in [-0.25, -0.2) is 0 Å². The summed E-state index contributed by atoms with van der Waals surface area (Å²) in [6.07, 6.45) is 0. The fraction of sp³-hybridized carbons (Fsp3) is 0. The smallest absolute Gasteiger partial charge is 0 e. The van der Waals surface area contributed by atoms with E-state index in [1.54, 1.807) is 0 Å². The van der Waals surface area contributed by atoms with Crippen molar-refractivity contribution in [2.45, 2.75) is 0 Å². The molecule has 12 valence electrons. The summed E-state index contributed by atoms with van der Waals surface area (Å²) in [6.45, 7) is 0. The van der Waals surface area contributed by atoms with Crippen molar-refractivity contribution in [3.63, 3.8) is 0 Å². The molecular weight excluding hydrogens is 504 g/mol. The number of hydrogen-bond donors (Lipinski definition) is 0. The summed E-state index contributed by atoms with van der Waals surface area (Å²) in [5, 5.41) is 0. The quantitative estimate of drug-likeness (QED) is 0.367. The van der Waals surface area contributed by atoms with Crippen LogP contribution in [0.3, 0.4) is 0 Å². The molecule has 0 atom stereocenters. The summed E-state index contributed by atoms with van der Waals surface area (Å²) in [5.74, 6) is 0. The predicted octanol–water partition coefficient (Wildman–Crippen LogP) is -1.14. The van der Waals surface area contributed by atoms with Crippen LogP contribution in [0.1, 0.15) is 0 Å². The Kier molecular flexibility index (Phi) is 110. The fourth-order valence-corrected chi connectivity index (χ4v) is 0. The van der Waals surface area contributed by atoms with Gasteiger partial charge in [-0.3, -0.25) is 0 Å². The van der Waals surface area contributed by atoms with Gasteiger partial charge in [-0.05, 0) is 0 Å². The van der Waals surface area contributed by atoms with E-state index in [1.165, 1.54) is 0 Å². The van der Waals surface area contributed by atoms with Gasteiger partial charge in [0.05, 0.1) is 0 Å². The molecule has 4 heteroatoms. The minimum Gasteiger partial charge on any atom is 0 e. The Hall–Kier alpha value is 3.24. The molecule has 10 radical (unpaired) electrons. The van der Waals surface area contributed by atoms with Crippen molar-refractivity contribution < 1.29 is 27.7 Å². The van der Waals surface area contributed by atoms with Crippen LogP contribution < -0.4 is 0 Å². The number of rotatable bonds is 0. The first-order valence-corrected chi connectivity index (χ1v) is 0. The van der Waals surface area contributed by atoms with Crippen molar-refractivity contribution in [1.82, 2.24) is 0 Å². The summed E-state index contributed by atoms with van der Waals surface area (Å²) in [5.41, 5.74) is 0. The van der Waals surface area contributed by atoms with Crippen molar-refractivity contribution in [2.24, 2.45) is 0 Å². The van der Waals surface area contributed by atoms with Gasteiger partial charge in [0.15, 0.2) is 0 Å². The van der Waals surface area contributed by atoms with Gasteiger partial charge in [-0.15, -0.1) is 0 Å². The molecule has 0 spiro atoms. The van der Waals surface area contributed by atoms with Crippen LogP contribution in [0.25, 0.3) is 0 Å². The first-order chi connectivity index (χ1) is 0. The third-order valence-electron chi connectivity index (χ3n) is 0. The molecule has 0 aliphatic rings. The summed E-state index contributed by atoms with van der Waals surface area (Å²) in [4.78, 5) is 0. The molecule has 0 aromatic carbocycles. The molecule has 0 aromatic rings. The van der Waals surface area contributed by atoms with Crippen LogP contribution in [0.4, 0.5) is 0 Å². The Morgan fingerprint density at radius 3 is 1.00 bits per heavy atom. The molecule has 0 aliphatic heterocycles. The average molecular weight is 504 g/mol. The Morgan fingerprint density at radius 2 is 1.00 bits per heavy atom. The van der Waals surface area contributed by atoms with E-state index >= 15 is 0 Å². The van der Waals surface area contributed by atoms with E-state index in [0.29, 0.717) is 0 Å². The molecular formula is GaHgInSn. The Bertz CT molecular complexity index is 8.00. The van der Waals surface area contributed by atoms with Crippen LogP contribution in [-0.2, 0) is 27.7 Å². The van der Waals surface area contributed by atoms with Crippen molar-refractivity contribution >= 4 is 69.5 Å². The zero-order chi connectivity index (χ0) is 0. The molecule has 0 rings (SSSR count). The van der Waals surface area contributed by atoms with Crippen molar-refractivity contribution in [3.8, 4) is 0 Å². The monoisotopic (exact) mass is 506 g/mol. The van der Waals surface area contributed by atoms with E-state index in [-0.39, 0.29) is 97.2 Å². The van der Waals surface area contributed by atoms with Gasteiger partial charge >= 0.3 is 0 Å². The molecule has 4 heavy (non-hydrogen) atoms. The molecule has 0 aliphatic carbocycles. The topological polar surface area (TPSA) is 0 Å². The molecule has 0 bridgehead atoms. The zero-order valence-electron chi connectivity index (χ0n) is 2.36. The molecule has 0 nitrogen and oxygen atoms in total. The van der Waals surface area contributed by atoms with Gasteiger partial charge in [0, 0.05) is 97.2 Å². The van der Waals surface area contributed by atoms with Crippen LogP contribution in [-0.4, -0.2) is 69.5 Å². The maximum atomic E-state index is 0. The first-order valence-electron chi connectivity index (χ1n) is 0. The summed E-state index contributed by atoms with van der Waals surface area (Å²) >= 11 is 0. The Balaban J connectivity index is 0. The van der Waals surface area contributed by atoms with Gasteiger partial charge in [0.25, 0.3) is 0 Å². The average Bonchev–Trinajstić information content (AvgIpc) is 0. The second-order valence-corrected chi connectivity index (χ2v) is 0. The van der Waals surface area contributed by atoms with Crippen LogP contribution in [0.2, 0.25) is 0 Å². The molecule has 0 saturated carbocycles. The SMILES string of the molecule is [Ga].[Hg].[In].[Sn]. The molecule has 0 fully saturated rings. The maximum Gasteiger partial charge on any atom is 0 e. The largest absolute Gasteiger partial charge is 0 e. The van der Waals surface area contributed by atoms with E-state index < -0.39 is 0 Å². The molecule has 0 N–H and O–H groups in total. The van der Waals surface area contributed by atoms with E-state index in [1.807, 2.05) is 0 Å². The van der Waals surface area contributed by atoms with Crippen LogP contribution in [0, 0.1) is 0 Å². The molecule has 0 heterocycles. The third-order valence-corrected chi connectivity index (χ3v) is 0. The van der Waals surface area contributed by atoms with E-state index in [9.17, 15) is 0 Å². The van der Waals surface area contributed by atoms with E-state index in [0.717, 1.165) is 0 Å². The minimum atomic E-state index is 0. The fourth-order valence-electron chi connectivity index (χ4n) is 0. The van der Waals surface area contributed by atoms with Gasteiger partial charge in [0.2, 0.25) is 0 Å². The van der Waals surface area contributed by atoms with Crippen LogP contribution in [0.5, 0.6) is 0 Å². The molecule has 0 amide bonds. The normalized spacial score (nSPS) is 0. The summed E-state index contributed by atoms with van der Waals surface area (Å²) in [6, 6.07) is 0. The van der Waals surface area contributed by atoms with Gasteiger partial charge < -0.3 is 0 Å². The van der Waals surface area contributed by atoms with Gasteiger partial charge in [-0.1, -0.05) is 0 Å². The second kappa shape index (κ2) is 16.3. The third kappa shape index (κ3) is 8.97. The molecule has 0 unspecified atom stereocenters. The van der Waals surface area contributed by atoms with E-state index in [4.69, 9.17) is 0 Å². The standard InChI is InChI=1S/Ga.Hg.In.Sn. The van der Waals surface area contributed by atoms with Crippen LogP contribution in [0.15, 0.2) is 0 Å². The van der Waals surface area contributed by atoms with E-state index in [2.05, 4.69) is 0 Å². The van der Waals surface area contributed by atoms with Crippen molar-refractivity contribution in [3.05, 3.63) is 0 Å². The second-order valence-electron chi connectivity index (χ2n) is 0. The molecule has 0 saturated heterocycles. The van der Waals surface area contributed by atoms with Crippen LogP contribution >= 0.6 is 0 Å². The summed E-state index contributed by atoms with van der Waals surface area (Å²) in [7, 11) is 0. The Labute approximate surface area is 95.2 Å². The van der Waals surface area contributed by atoms with Crippen molar-refractivity contribution in [2.75, 3.05) is 0 Å². The van der Waals surface area contributed by atoms with Gasteiger partial charge in [0.1, 0.15) is 0 Å². The molecule has 0 aromatic heterocycles.